The van der Waals surface area contributed by atoms with Gasteiger partial charge in [0.05, 0.1) is 0 Å². The summed E-state index contributed by atoms with van der Waals surface area (Å²) < 4.78 is 3.18. The molecule has 4 nitrogen and oxygen atoms in total. The monoisotopic (exact) mass is 453 g/mol. The van der Waals surface area contributed by atoms with Crippen LogP contribution in [-0.2, 0) is 0 Å². The SMILES string of the molecule is Cc1cc(NSI)c(C)c(-c2c(O)c(O)cc3ccccc23)c1O. The molecule has 0 radical (unpaired) electrons. The molecule has 0 aliphatic rings. The molecule has 0 unspecified atom stereocenters. The maximum absolute atomic E-state index is 10.7. The Morgan fingerprint density at radius 1 is 0.958 bits per heavy atom. The molecule has 24 heavy (non-hydrogen) atoms. The molecule has 124 valence electrons. The van der Waals surface area contributed by atoms with Gasteiger partial charge in [-0.3, -0.25) is 0 Å². The van der Waals surface area contributed by atoms with Crippen LogP contribution in [0.3, 0.4) is 0 Å². The van der Waals surface area contributed by atoms with Crippen LogP contribution in [0.2, 0.25) is 0 Å². The summed E-state index contributed by atoms with van der Waals surface area (Å²) >= 11 is 2.13. The van der Waals surface area contributed by atoms with E-state index in [1.807, 2.05) is 44.2 Å². The van der Waals surface area contributed by atoms with E-state index >= 15 is 0 Å². The summed E-state index contributed by atoms with van der Waals surface area (Å²) in [6.07, 6.45) is 0. The summed E-state index contributed by atoms with van der Waals surface area (Å²) in [4.78, 5) is 0. The predicted molar refractivity (Wildman–Crippen MR) is 109 cm³/mol. The number of phenols is 3. The molecule has 0 saturated carbocycles. The highest BCUT2D eigenvalue weighted by Gasteiger charge is 2.21. The average Bonchev–Trinajstić information content (AvgIpc) is 2.56. The smallest absolute Gasteiger partial charge is 0.166 e. The van der Waals surface area contributed by atoms with Crippen molar-refractivity contribution in [2.75, 3.05) is 4.72 Å². The van der Waals surface area contributed by atoms with E-state index in [2.05, 4.69) is 25.9 Å². The van der Waals surface area contributed by atoms with E-state index in [1.165, 1.54) is 15.2 Å². The van der Waals surface area contributed by atoms with Gasteiger partial charge < -0.3 is 20.0 Å². The number of anilines is 1. The van der Waals surface area contributed by atoms with Gasteiger partial charge in [-0.2, -0.15) is 0 Å². The number of hydrogen-bond donors (Lipinski definition) is 4. The molecule has 3 aromatic carbocycles. The average molecular weight is 453 g/mol. The molecule has 0 spiro atoms. The first-order valence-corrected chi connectivity index (χ1v) is 10.6. The number of aryl methyl sites for hydroxylation is 1. The minimum atomic E-state index is -0.231. The largest absolute Gasteiger partial charge is 0.507 e. The molecule has 0 aliphatic heterocycles. The third-order valence-electron chi connectivity index (χ3n) is 4.15. The molecular weight excluding hydrogens is 437 g/mol. The van der Waals surface area contributed by atoms with E-state index in [4.69, 9.17) is 0 Å². The van der Waals surface area contributed by atoms with Crippen LogP contribution in [0.25, 0.3) is 21.9 Å². The Hall–Kier alpha value is -1.80. The van der Waals surface area contributed by atoms with Crippen LogP contribution in [0.1, 0.15) is 11.1 Å². The van der Waals surface area contributed by atoms with Crippen molar-refractivity contribution >= 4 is 46.8 Å². The molecule has 0 heterocycles. The highest BCUT2D eigenvalue weighted by atomic mass is 127. The topological polar surface area (TPSA) is 72.7 Å². The molecule has 0 amide bonds. The van der Waals surface area contributed by atoms with Crippen molar-refractivity contribution in [3.05, 3.63) is 47.5 Å². The van der Waals surface area contributed by atoms with Crippen LogP contribution in [-0.4, -0.2) is 15.3 Å². The van der Waals surface area contributed by atoms with Gasteiger partial charge in [0.2, 0.25) is 0 Å². The summed E-state index contributed by atoms with van der Waals surface area (Å²) in [5.41, 5.74) is 3.30. The van der Waals surface area contributed by atoms with Gasteiger partial charge in [-0.05, 0) is 47.9 Å². The summed E-state index contributed by atoms with van der Waals surface area (Å²) in [6.45, 7) is 3.69. The van der Waals surface area contributed by atoms with Crippen LogP contribution < -0.4 is 4.72 Å². The van der Waals surface area contributed by atoms with Gasteiger partial charge in [0.1, 0.15) is 5.75 Å². The van der Waals surface area contributed by atoms with Crippen molar-refractivity contribution in [2.45, 2.75) is 13.8 Å². The lowest BCUT2D eigenvalue weighted by atomic mass is 9.90. The van der Waals surface area contributed by atoms with Gasteiger partial charge in [0, 0.05) is 47.1 Å². The van der Waals surface area contributed by atoms with Crippen LogP contribution in [0, 0.1) is 13.8 Å². The molecule has 0 aromatic heterocycles. The molecule has 0 fully saturated rings. The molecule has 0 aliphatic carbocycles. The Labute approximate surface area is 156 Å². The second kappa shape index (κ2) is 6.60. The van der Waals surface area contributed by atoms with Crippen molar-refractivity contribution in [1.29, 1.82) is 0 Å². The van der Waals surface area contributed by atoms with Crippen LogP contribution in [0.4, 0.5) is 5.69 Å². The molecule has 3 aromatic rings. The zero-order valence-electron chi connectivity index (χ0n) is 13.1. The van der Waals surface area contributed by atoms with E-state index < -0.39 is 0 Å². The van der Waals surface area contributed by atoms with Crippen LogP contribution in [0.15, 0.2) is 36.4 Å². The quantitative estimate of drug-likeness (QED) is 0.179. The van der Waals surface area contributed by atoms with Gasteiger partial charge in [-0.1, -0.05) is 24.3 Å². The predicted octanol–water partition coefficient (Wildman–Crippen LogP) is 5.65. The van der Waals surface area contributed by atoms with Crippen molar-refractivity contribution in [3.63, 3.8) is 0 Å². The van der Waals surface area contributed by atoms with Crippen molar-refractivity contribution in [1.82, 2.24) is 0 Å². The first-order chi connectivity index (χ1) is 11.5. The zero-order valence-corrected chi connectivity index (χ0v) is 16.1. The van der Waals surface area contributed by atoms with E-state index in [1.54, 1.807) is 0 Å². The molecule has 6 heteroatoms. The zero-order chi connectivity index (χ0) is 17.4. The first-order valence-electron chi connectivity index (χ1n) is 7.26. The van der Waals surface area contributed by atoms with Crippen molar-refractivity contribution in [2.24, 2.45) is 0 Å². The normalized spacial score (nSPS) is 11.0. The highest BCUT2D eigenvalue weighted by molar-refractivity contribution is 14.2. The molecular formula is C18H16INO3S. The maximum atomic E-state index is 10.7. The van der Waals surface area contributed by atoms with Gasteiger partial charge in [-0.15, -0.1) is 0 Å². The third-order valence-corrected chi connectivity index (χ3v) is 5.11. The Morgan fingerprint density at radius 3 is 2.38 bits per heavy atom. The number of benzene rings is 3. The second-order valence-corrected chi connectivity index (χ2v) is 7.29. The number of aromatic hydroxyl groups is 3. The molecule has 3 rings (SSSR count). The van der Waals surface area contributed by atoms with Gasteiger partial charge in [-0.25, -0.2) is 0 Å². The Balaban J connectivity index is 2.46. The number of rotatable bonds is 3. The number of halogens is 1. The minimum Gasteiger partial charge on any atom is -0.507 e. The van der Waals surface area contributed by atoms with E-state index in [9.17, 15) is 15.3 Å². The highest BCUT2D eigenvalue weighted by Crippen LogP contribution is 2.49. The molecule has 0 saturated heterocycles. The summed E-state index contributed by atoms with van der Waals surface area (Å²) in [5.74, 6) is -0.338. The van der Waals surface area contributed by atoms with E-state index in [0.29, 0.717) is 16.7 Å². The Kier molecular flexibility index (Phi) is 4.69. The lowest BCUT2D eigenvalue weighted by Crippen LogP contribution is -1.95. The second-order valence-electron chi connectivity index (χ2n) is 5.61. The maximum Gasteiger partial charge on any atom is 0.166 e. The standard InChI is InChI=1S/C18H16INO3S/c1-9-7-13(20-24-19)10(2)15(17(9)22)16-12-6-4-3-5-11(12)8-14(21)18(16)23/h3-8,20-23H,1-2H3. The van der Waals surface area contributed by atoms with Crippen LogP contribution in [0.5, 0.6) is 17.2 Å². The Morgan fingerprint density at radius 2 is 1.67 bits per heavy atom. The summed E-state index contributed by atoms with van der Waals surface area (Å²) in [7, 11) is 1.42. The van der Waals surface area contributed by atoms with Crippen molar-refractivity contribution in [3.8, 4) is 28.4 Å². The summed E-state index contributed by atoms with van der Waals surface area (Å²) in [5, 5.41) is 32.9. The summed E-state index contributed by atoms with van der Waals surface area (Å²) in [6, 6.07) is 10.8. The third kappa shape index (κ3) is 2.73. The fraction of sp³-hybridized carbons (Fsp3) is 0.111. The number of phenolic OH excluding ortho intramolecular Hbond substituents is 3. The fourth-order valence-electron chi connectivity index (χ4n) is 2.93. The van der Waals surface area contributed by atoms with Crippen LogP contribution >= 0.6 is 30.3 Å². The van der Waals surface area contributed by atoms with Crippen molar-refractivity contribution < 1.29 is 15.3 Å². The lowest BCUT2D eigenvalue weighted by molar-refractivity contribution is 0.405. The first kappa shape index (κ1) is 17.0. The van der Waals surface area contributed by atoms with Gasteiger partial charge >= 0.3 is 0 Å². The number of hydrogen-bond acceptors (Lipinski definition) is 5. The molecule has 4 N–H and O–H groups in total. The number of fused-ring (bicyclic) bond motifs is 1. The van der Waals surface area contributed by atoms with Gasteiger partial charge in [0.25, 0.3) is 0 Å². The van der Waals surface area contributed by atoms with E-state index in [-0.39, 0.29) is 17.2 Å². The minimum absolute atomic E-state index is 0.0996. The lowest BCUT2D eigenvalue weighted by Gasteiger charge is -2.19. The Bertz CT molecular complexity index is 943. The molecule has 0 atom stereocenters. The van der Waals surface area contributed by atoms with E-state index in [0.717, 1.165) is 22.0 Å². The number of nitrogens with one attached hydrogen (secondary N) is 1. The fourth-order valence-corrected chi connectivity index (χ4v) is 3.94. The molecule has 0 bridgehead atoms. The van der Waals surface area contributed by atoms with Gasteiger partial charge in [0.15, 0.2) is 11.5 Å².